The number of amides is 1. The van der Waals surface area contributed by atoms with Crippen LogP contribution >= 0.6 is 11.3 Å². The van der Waals surface area contributed by atoms with Crippen LogP contribution in [0.5, 0.6) is 0 Å². The van der Waals surface area contributed by atoms with Crippen LogP contribution in [0.4, 0.5) is 0 Å². The number of sulfone groups is 1. The summed E-state index contributed by atoms with van der Waals surface area (Å²) in [5.41, 5.74) is 0. The molecule has 2 fully saturated rings. The Balaban J connectivity index is 1.96. The molecule has 0 N–H and O–H groups in total. The second-order valence-electron chi connectivity index (χ2n) is 4.66. The van der Waals surface area contributed by atoms with Gasteiger partial charge in [-0.25, -0.2) is 8.42 Å². The quantitative estimate of drug-likeness (QED) is 0.835. The fourth-order valence-electron chi connectivity index (χ4n) is 2.20. The van der Waals surface area contributed by atoms with E-state index in [1.54, 1.807) is 11.0 Å². The number of carbonyl (C=O) groups is 1. The first-order chi connectivity index (χ1) is 8.08. The molecule has 1 saturated heterocycles. The molecule has 6 heteroatoms. The van der Waals surface area contributed by atoms with E-state index in [-0.39, 0.29) is 11.7 Å². The lowest BCUT2D eigenvalue weighted by Crippen LogP contribution is -2.30. The van der Waals surface area contributed by atoms with Crippen LogP contribution in [-0.4, -0.2) is 31.5 Å². The zero-order valence-electron chi connectivity index (χ0n) is 9.20. The summed E-state index contributed by atoms with van der Waals surface area (Å²) in [4.78, 5) is 14.1. The summed E-state index contributed by atoms with van der Waals surface area (Å²) >= 11 is 1.40. The summed E-state index contributed by atoms with van der Waals surface area (Å²) < 4.78 is 24.1. The van der Waals surface area contributed by atoms with Gasteiger partial charge in [-0.3, -0.25) is 4.79 Å². The first-order valence-corrected chi connectivity index (χ1v) is 8.22. The molecule has 3 rings (SSSR count). The molecule has 2 aliphatic rings. The highest BCUT2D eigenvalue weighted by molar-refractivity contribution is 7.92. The molecule has 0 spiro atoms. The summed E-state index contributed by atoms with van der Waals surface area (Å²) in [5, 5.41) is 1.12. The monoisotopic (exact) mass is 271 g/mol. The molecule has 92 valence electrons. The highest BCUT2D eigenvalue weighted by Crippen LogP contribution is 2.39. The van der Waals surface area contributed by atoms with Gasteiger partial charge in [0.2, 0.25) is 5.91 Å². The normalized spacial score (nSPS) is 27.6. The van der Waals surface area contributed by atoms with Gasteiger partial charge in [-0.1, -0.05) is 6.07 Å². The molecule has 0 bridgehead atoms. The minimum Gasteiger partial charge on any atom is -0.320 e. The molecule has 17 heavy (non-hydrogen) atoms. The minimum atomic E-state index is -3.34. The highest BCUT2D eigenvalue weighted by Gasteiger charge is 2.46. The molecule has 0 radical (unpaired) electrons. The lowest BCUT2D eigenvalue weighted by Gasteiger charge is -2.22. The molecule has 1 aromatic rings. The number of nitrogens with zero attached hydrogens (tertiary/aromatic N) is 1. The fourth-order valence-corrected chi connectivity index (χ4v) is 5.21. The average Bonchev–Trinajstić information content (AvgIpc) is 2.82. The van der Waals surface area contributed by atoms with Gasteiger partial charge in [0.25, 0.3) is 0 Å². The van der Waals surface area contributed by atoms with Gasteiger partial charge in [0.15, 0.2) is 15.2 Å². The molecule has 4 nitrogen and oxygen atoms in total. The Hall–Kier alpha value is -0.880. The van der Waals surface area contributed by atoms with Gasteiger partial charge in [-0.2, -0.15) is 0 Å². The number of thiophene rings is 1. The van der Waals surface area contributed by atoms with E-state index in [1.807, 2.05) is 11.4 Å². The third kappa shape index (κ3) is 1.99. The van der Waals surface area contributed by atoms with E-state index < -0.39 is 15.2 Å². The van der Waals surface area contributed by atoms with Crippen LogP contribution in [-0.2, 0) is 14.6 Å². The fraction of sp³-hybridized carbons (Fsp3) is 0.545. The standard InChI is InChI=1S/C11H13NO3S2/c13-10-7-17(14,15)11(9-2-1-5-16-9)12(10)6-8-3-4-8/h1-2,5,8,11H,3-4,6-7H2/t11-/m0/s1. The Morgan fingerprint density at radius 2 is 2.18 bits per heavy atom. The lowest BCUT2D eigenvalue weighted by molar-refractivity contribution is -0.128. The van der Waals surface area contributed by atoms with Crippen molar-refractivity contribution in [3.8, 4) is 0 Å². The van der Waals surface area contributed by atoms with Crippen molar-refractivity contribution in [1.29, 1.82) is 0 Å². The van der Waals surface area contributed by atoms with E-state index in [0.29, 0.717) is 12.5 Å². The number of rotatable bonds is 3. The van der Waals surface area contributed by atoms with E-state index in [4.69, 9.17) is 0 Å². The van der Waals surface area contributed by atoms with E-state index in [9.17, 15) is 13.2 Å². The van der Waals surface area contributed by atoms with Gasteiger partial charge in [-0.05, 0) is 30.2 Å². The van der Waals surface area contributed by atoms with Gasteiger partial charge in [0, 0.05) is 11.4 Å². The van der Waals surface area contributed by atoms with Crippen LogP contribution in [0, 0.1) is 5.92 Å². The Bertz CT molecular complexity index is 531. The molecule has 1 aromatic heterocycles. The summed E-state index contributed by atoms with van der Waals surface area (Å²) in [7, 11) is -3.34. The van der Waals surface area contributed by atoms with Crippen LogP contribution in [0.3, 0.4) is 0 Å². The molecular formula is C11H13NO3S2. The predicted molar refractivity (Wildman–Crippen MR) is 65.3 cm³/mol. The molecule has 1 saturated carbocycles. The van der Waals surface area contributed by atoms with Gasteiger partial charge in [0.05, 0.1) is 0 Å². The minimum absolute atomic E-state index is 0.240. The molecule has 1 atom stereocenters. The van der Waals surface area contributed by atoms with Crippen LogP contribution in [0.15, 0.2) is 17.5 Å². The molecular weight excluding hydrogens is 258 g/mol. The van der Waals surface area contributed by atoms with Gasteiger partial charge < -0.3 is 4.90 Å². The van der Waals surface area contributed by atoms with Crippen molar-refractivity contribution in [3.63, 3.8) is 0 Å². The van der Waals surface area contributed by atoms with Crippen molar-refractivity contribution < 1.29 is 13.2 Å². The largest absolute Gasteiger partial charge is 0.320 e. The Labute approximate surface area is 104 Å². The highest BCUT2D eigenvalue weighted by atomic mass is 32.2. The predicted octanol–water partition coefficient (Wildman–Crippen LogP) is 1.41. The first kappa shape index (κ1) is 11.2. The Morgan fingerprint density at radius 3 is 2.76 bits per heavy atom. The van der Waals surface area contributed by atoms with Crippen LogP contribution < -0.4 is 0 Å². The van der Waals surface area contributed by atoms with Crippen molar-refractivity contribution in [1.82, 2.24) is 4.90 Å². The second-order valence-corrected chi connectivity index (χ2v) is 7.70. The molecule has 1 amide bonds. The molecule has 0 aromatic carbocycles. The molecule has 0 unspecified atom stereocenters. The third-order valence-corrected chi connectivity index (χ3v) is 6.12. The van der Waals surface area contributed by atoms with Crippen LogP contribution in [0.2, 0.25) is 0 Å². The second kappa shape index (κ2) is 3.81. The van der Waals surface area contributed by atoms with Crippen molar-refractivity contribution in [2.24, 2.45) is 5.92 Å². The molecule has 1 aliphatic heterocycles. The average molecular weight is 271 g/mol. The van der Waals surface area contributed by atoms with E-state index in [0.717, 1.165) is 17.7 Å². The zero-order chi connectivity index (χ0) is 12.0. The van der Waals surface area contributed by atoms with Crippen molar-refractivity contribution in [2.75, 3.05) is 12.3 Å². The van der Waals surface area contributed by atoms with Crippen molar-refractivity contribution in [3.05, 3.63) is 22.4 Å². The summed E-state index contributed by atoms with van der Waals surface area (Å²) in [5.74, 6) is -0.0625. The van der Waals surface area contributed by atoms with Crippen LogP contribution in [0.25, 0.3) is 0 Å². The summed E-state index contributed by atoms with van der Waals surface area (Å²) in [6.07, 6.45) is 2.22. The van der Waals surface area contributed by atoms with Crippen molar-refractivity contribution >= 4 is 27.1 Å². The Kier molecular flexibility index (Phi) is 2.52. The van der Waals surface area contributed by atoms with E-state index >= 15 is 0 Å². The van der Waals surface area contributed by atoms with E-state index in [1.165, 1.54) is 11.3 Å². The number of hydrogen-bond acceptors (Lipinski definition) is 4. The smallest absolute Gasteiger partial charge is 0.239 e. The molecule has 2 heterocycles. The maximum absolute atomic E-state index is 12.0. The topological polar surface area (TPSA) is 54.5 Å². The lowest BCUT2D eigenvalue weighted by atomic mass is 10.3. The van der Waals surface area contributed by atoms with Crippen molar-refractivity contribution in [2.45, 2.75) is 18.2 Å². The SMILES string of the molecule is O=C1CS(=O)(=O)[C@@H](c2cccs2)N1CC1CC1. The number of carbonyl (C=O) groups excluding carboxylic acids is 1. The van der Waals surface area contributed by atoms with E-state index in [2.05, 4.69) is 0 Å². The maximum Gasteiger partial charge on any atom is 0.239 e. The zero-order valence-corrected chi connectivity index (χ0v) is 10.8. The first-order valence-electron chi connectivity index (χ1n) is 5.62. The summed E-state index contributed by atoms with van der Waals surface area (Å²) in [6.45, 7) is 0.598. The Morgan fingerprint density at radius 1 is 1.41 bits per heavy atom. The maximum atomic E-state index is 12.0. The molecule has 1 aliphatic carbocycles. The number of hydrogen-bond donors (Lipinski definition) is 0. The third-order valence-electron chi connectivity index (χ3n) is 3.21. The van der Waals surface area contributed by atoms with Gasteiger partial charge in [-0.15, -0.1) is 11.3 Å². The van der Waals surface area contributed by atoms with Crippen LogP contribution in [0.1, 0.15) is 23.1 Å². The van der Waals surface area contributed by atoms with Gasteiger partial charge in [0.1, 0.15) is 5.75 Å². The summed E-state index contributed by atoms with van der Waals surface area (Å²) in [6, 6.07) is 3.62. The van der Waals surface area contributed by atoms with Gasteiger partial charge >= 0.3 is 0 Å².